The van der Waals surface area contributed by atoms with Crippen LogP contribution in [0.3, 0.4) is 0 Å². The predicted molar refractivity (Wildman–Crippen MR) is 341 cm³/mol. The first-order valence-corrected chi connectivity index (χ1v) is 35.0. The highest BCUT2D eigenvalue weighted by atomic mass is 16.7. The number of quaternary nitrogens is 1. The van der Waals surface area contributed by atoms with Crippen molar-refractivity contribution < 1.29 is 42.9 Å². The van der Waals surface area contributed by atoms with Crippen LogP contribution in [0.5, 0.6) is 0 Å². The number of likely N-dealkylation sites (N-methyl/N-ethyl adjacent to an activating group) is 1. The standard InChI is InChI=1S/C71H135NO8/c1-6-8-10-12-14-16-18-20-22-23-24-25-26-27-28-29-30-31-32-33-34-35-36-37-38-39-40-41-42-43-44-45-46-47-48-50-51-53-55-57-59-61-68(73)78-65-67(66-79-71(70(75)76)77-64-63-72(3,4)5)80-69(74)62-60-58-56-54-52-49-21-19-17-15-13-11-9-7-2/h13,15,19,21,67,71H,6-12,14,16-18,20,22-66H2,1-5H3/p+1/b15-13-,21-19-. The van der Waals surface area contributed by atoms with Crippen LogP contribution in [0, 0.1) is 0 Å². The van der Waals surface area contributed by atoms with E-state index in [0.29, 0.717) is 23.9 Å². The summed E-state index contributed by atoms with van der Waals surface area (Å²) in [5.74, 6) is -2.00. The summed E-state index contributed by atoms with van der Waals surface area (Å²) in [5, 5.41) is 9.70. The highest BCUT2D eigenvalue weighted by molar-refractivity contribution is 5.71. The number of unbranched alkanes of at least 4 members (excludes halogenated alkanes) is 47. The number of allylic oxidation sites excluding steroid dienone is 4. The number of esters is 2. The quantitative estimate of drug-likeness (QED) is 0.0211. The zero-order chi connectivity index (χ0) is 58.3. The van der Waals surface area contributed by atoms with Gasteiger partial charge in [-0.15, -0.1) is 0 Å². The van der Waals surface area contributed by atoms with Crippen LogP contribution in [0.25, 0.3) is 0 Å². The minimum atomic E-state index is -1.51. The lowest BCUT2D eigenvalue weighted by Crippen LogP contribution is -2.40. The van der Waals surface area contributed by atoms with Gasteiger partial charge < -0.3 is 28.5 Å². The monoisotopic (exact) mass is 1130 g/mol. The molecule has 0 bridgehead atoms. The minimum Gasteiger partial charge on any atom is -0.477 e. The number of hydrogen-bond donors (Lipinski definition) is 1. The Hall–Kier alpha value is -2.23. The van der Waals surface area contributed by atoms with E-state index in [1.54, 1.807) is 0 Å². The number of ether oxygens (including phenoxy) is 4. The molecule has 0 spiro atoms. The van der Waals surface area contributed by atoms with E-state index in [1.165, 1.54) is 257 Å². The molecule has 0 saturated carbocycles. The minimum absolute atomic E-state index is 0.183. The molecular weight excluding hydrogens is 995 g/mol. The van der Waals surface area contributed by atoms with Gasteiger partial charge in [0.05, 0.1) is 34.4 Å². The maximum Gasteiger partial charge on any atom is 0.361 e. The van der Waals surface area contributed by atoms with Crippen LogP contribution in [-0.2, 0) is 33.3 Å². The molecule has 0 saturated heterocycles. The smallest absolute Gasteiger partial charge is 0.361 e. The first kappa shape index (κ1) is 77.8. The van der Waals surface area contributed by atoms with E-state index < -0.39 is 24.3 Å². The van der Waals surface area contributed by atoms with Crippen molar-refractivity contribution in [1.29, 1.82) is 0 Å². The van der Waals surface area contributed by atoms with Crippen LogP contribution in [-0.4, -0.2) is 87.4 Å². The highest BCUT2D eigenvalue weighted by Gasteiger charge is 2.25. The van der Waals surface area contributed by atoms with Gasteiger partial charge in [0.25, 0.3) is 6.29 Å². The zero-order valence-corrected chi connectivity index (χ0v) is 54.0. The summed E-state index contributed by atoms with van der Waals surface area (Å²) < 4.78 is 22.9. The lowest BCUT2D eigenvalue weighted by molar-refractivity contribution is -0.870. The van der Waals surface area contributed by atoms with E-state index >= 15 is 0 Å². The molecule has 80 heavy (non-hydrogen) atoms. The molecule has 0 heterocycles. The number of aliphatic carboxylic acids is 1. The maximum absolute atomic E-state index is 12.8. The summed E-state index contributed by atoms with van der Waals surface area (Å²) in [7, 11) is 5.97. The second kappa shape index (κ2) is 62.8. The average molecular weight is 1130 g/mol. The SMILES string of the molecule is CCCC/C=C\C/C=C\CCCCCCCC(=O)OC(COC(=O)CCCCCCCCCCCCCCCCCCCCCCCCCCCCCCCCCCCCCCCCCCC)COC(OCC[N+](C)(C)C)C(=O)O. The van der Waals surface area contributed by atoms with Gasteiger partial charge in [0.2, 0.25) is 0 Å². The number of carboxylic acids is 1. The molecule has 9 heteroatoms. The Morgan fingerprint density at radius 1 is 0.375 bits per heavy atom. The van der Waals surface area contributed by atoms with E-state index in [2.05, 4.69) is 38.2 Å². The van der Waals surface area contributed by atoms with Crippen LogP contribution < -0.4 is 0 Å². The second-order valence-corrected chi connectivity index (χ2v) is 25.2. The largest absolute Gasteiger partial charge is 0.477 e. The van der Waals surface area contributed by atoms with Crippen molar-refractivity contribution in [3.05, 3.63) is 24.3 Å². The normalized spacial score (nSPS) is 12.8. The van der Waals surface area contributed by atoms with Gasteiger partial charge in [-0.2, -0.15) is 0 Å². The lowest BCUT2D eigenvalue weighted by atomic mass is 10.0. The average Bonchev–Trinajstić information content (AvgIpc) is 3.43. The van der Waals surface area contributed by atoms with Crippen LogP contribution in [0.2, 0.25) is 0 Å². The molecule has 0 fully saturated rings. The molecule has 0 aliphatic carbocycles. The summed E-state index contributed by atoms with van der Waals surface area (Å²) in [5.41, 5.74) is 0. The van der Waals surface area contributed by atoms with Crippen molar-refractivity contribution in [2.45, 2.75) is 367 Å². The zero-order valence-electron chi connectivity index (χ0n) is 54.0. The maximum atomic E-state index is 12.8. The summed E-state index contributed by atoms with van der Waals surface area (Å²) in [6.45, 7) is 4.87. The molecule has 0 aromatic carbocycles. The Labute approximate surface area is 497 Å². The molecule has 0 radical (unpaired) electrons. The molecular formula is C71H136NO8+. The Morgan fingerprint density at radius 3 is 1.02 bits per heavy atom. The van der Waals surface area contributed by atoms with Crippen LogP contribution >= 0.6 is 0 Å². The molecule has 0 aromatic heterocycles. The van der Waals surface area contributed by atoms with Crippen molar-refractivity contribution in [3.63, 3.8) is 0 Å². The number of hydrogen-bond acceptors (Lipinski definition) is 7. The molecule has 1 N–H and O–H groups in total. The molecule has 0 amide bonds. The van der Waals surface area contributed by atoms with Gasteiger partial charge in [0.1, 0.15) is 13.2 Å². The van der Waals surface area contributed by atoms with Crippen molar-refractivity contribution in [2.24, 2.45) is 0 Å². The van der Waals surface area contributed by atoms with Crippen molar-refractivity contribution in [3.8, 4) is 0 Å². The molecule has 0 aliphatic heterocycles. The van der Waals surface area contributed by atoms with E-state index in [-0.39, 0.29) is 32.2 Å². The first-order chi connectivity index (χ1) is 39.1. The fraction of sp³-hybridized carbons (Fsp3) is 0.901. The summed E-state index contributed by atoms with van der Waals surface area (Å²) in [6.07, 6.45) is 74.8. The number of rotatable bonds is 66. The molecule has 0 aromatic rings. The van der Waals surface area contributed by atoms with Gasteiger partial charge in [-0.3, -0.25) is 9.59 Å². The Kier molecular flexibility index (Phi) is 61.1. The van der Waals surface area contributed by atoms with Gasteiger partial charge in [-0.1, -0.05) is 327 Å². The highest BCUT2D eigenvalue weighted by Crippen LogP contribution is 2.19. The molecule has 9 nitrogen and oxygen atoms in total. The molecule has 0 rings (SSSR count). The lowest BCUT2D eigenvalue weighted by Gasteiger charge is -2.25. The third kappa shape index (κ3) is 63.4. The van der Waals surface area contributed by atoms with E-state index in [4.69, 9.17) is 18.9 Å². The fourth-order valence-electron chi connectivity index (χ4n) is 10.6. The van der Waals surface area contributed by atoms with E-state index in [9.17, 15) is 19.5 Å². The first-order valence-electron chi connectivity index (χ1n) is 35.0. The van der Waals surface area contributed by atoms with Crippen LogP contribution in [0.15, 0.2) is 24.3 Å². The molecule has 0 aliphatic rings. The summed E-state index contributed by atoms with van der Waals surface area (Å²) in [4.78, 5) is 37.4. The molecule has 2 atom stereocenters. The van der Waals surface area contributed by atoms with E-state index in [1.807, 2.05) is 21.1 Å². The van der Waals surface area contributed by atoms with Crippen molar-refractivity contribution >= 4 is 17.9 Å². The van der Waals surface area contributed by atoms with Gasteiger partial charge in [-0.25, -0.2) is 4.79 Å². The van der Waals surface area contributed by atoms with Crippen LogP contribution in [0.4, 0.5) is 0 Å². The Bertz CT molecular complexity index is 1360. The topological polar surface area (TPSA) is 108 Å². The fourth-order valence-corrected chi connectivity index (χ4v) is 10.6. The Morgan fingerprint density at radius 2 is 0.688 bits per heavy atom. The van der Waals surface area contributed by atoms with Gasteiger partial charge in [0, 0.05) is 12.8 Å². The van der Waals surface area contributed by atoms with Gasteiger partial charge >= 0.3 is 17.9 Å². The third-order valence-corrected chi connectivity index (χ3v) is 16.0. The second-order valence-electron chi connectivity index (χ2n) is 25.2. The van der Waals surface area contributed by atoms with Crippen molar-refractivity contribution in [2.75, 3.05) is 47.5 Å². The third-order valence-electron chi connectivity index (χ3n) is 16.0. The number of nitrogens with zero attached hydrogens (tertiary/aromatic N) is 1. The molecule has 472 valence electrons. The van der Waals surface area contributed by atoms with Gasteiger partial charge in [-0.05, 0) is 38.5 Å². The number of carbonyl (C=O) groups is 3. The Balaban J connectivity index is 3.84. The predicted octanol–water partition coefficient (Wildman–Crippen LogP) is 21.4. The molecule has 2 unspecified atom stereocenters. The number of carbonyl (C=O) groups excluding carboxylic acids is 2. The van der Waals surface area contributed by atoms with Crippen molar-refractivity contribution in [1.82, 2.24) is 0 Å². The van der Waals surface area contributed by atoms with Gasteiger partial charge in [0.15, 0.2) is 6.10 Å². The number of carboxylic acid groups (broad SMARTS) is 1. The van der Waals surface area contributed by atoms with E-state index in [0.717, 1.165) is 64.2 Å². The van der Waals surface area contributed by atoms with Crippen LogP contribution in [0.1, 0.15) is 354 Å². The summed E-state index contributed by atoms with van der Waals surface area (Å²) in [6, 6.07) is 0. The summed E-state index contributed by atoms with van der Waals surface area (Å²) >= 11 is 0.